The maximum atomic E-state index is 3.88. The van der Waals surface area contributed by atoms with Gasteiger partial charge in [-0.25, -0.2) is 0 Å². The molecule has 1 unspecified atom stereocenters. The molecule has 0 saturated heterocycles. The zero-order valence-electron chi connectivity index (χ0n) is 12.6. The molecule has 0 rings (SSSR count). The van der Waals surface area contributed by atoms with Crippen LogP contribution in [0.3, 0.4) is 0 Å². The van der Waals surface area contributed by atoms with Crippen LogP contribution in [-0.2, 0) is 0 Å². The molecule has 103 valence electrons. The fourth-order valence-corrected chi connectivity index (χ4v) is 2.40. The van der Waals surface area contributed by atoms with Crippen molar-refractivity contribution in [2.45, 2.75) is 91.4 Å². The molecule has 0 amide bonds. The fraction of sp³-hybridized carbons (Fsp3) is 0.941. The van der Waals surface area contributed by atoms with Gasteiger partial charge in [0.25, 0.3) is 0 Å². The van der Waals surface area contributed by atoms with Crippen molar-refractivity contribution < 1.29 is 0 Å². The van der Waals surface area contributed by atoms with E-state index < -0.39 is 0 Å². The van der Waals surface area contributed by atoms with Crippen LogP contribution in [0.4, 0.5) is 0 Å². The average molecular weight is 239 g/mol. The number of hydrogen-bond donors (Lipinski definition) is 0. The number of hydrogen-bond acceptors (Lipinski definition) is 0. The monoisotopic (exact) mass is 239 g/mol. The van der Waals surface area contributed by atoms with E-state index >= 15 is 0 Å². The first-order valence-electron chi connectivity index (χ1n) is 7.96. The van der Waals surface area contributed by atoms with E-state index in [1.807, 2.05) is 0 Å². The molecule has 0 fully saturated rings. The fourth-order valence-electron chi connectivity index (χ4n) is 2.40. The summed E-state index contributed by atoms with van der Waals surface area (Å²) >= 11 is 0. The summed E-state index contributed by atoms with van der Waals surface area (Å²) in [4.78, 5) is 0. The molecule has 0 saturated carbocycles. The largest absolute Gasteiger partial charge is 0.0628 e. The molecule has 1 atom stereocenters. The molecule has 0 aromatic heterocycles. The Kier molecular flexibility index (Phi) is 12.5. The van der Waals surface area contributed by atoms with E-state index in [0.717, 1.165) is 18.3 Å². The number of unbranched alkanes of at least 4 members (excludes halogenated alkanes) is 6. The molecule has 0 heteroatoms. The maximum absolute atomic E-state index is 3.88. The molecule has 0 bridgehead atoms. The second-order valence-electron chi connectivity index (χ2n) is 6.19. The highest BCUT2D eigenvalue weighted by atomic mass is 14.1. The van der Waals surface area contributed by atoms with Crippen LogP contribution < -0.4 is 0 Å². The van der Waals surface area contributed by atoms with Crippen LogP contribution in [0.1, 0.15) is 91.4 Å². The van der Waals surface area contributed by atoms with Crippen LogP contribution in [-0.4, -0.2) is 0 Å². The van der Waals surface area contributed by atoms with Crippen molar-refractivity contribution in [3.8, 4) is 0 Å². The molecule has 0 aliphatic rings. The second kappa shape index (κ2) is 12.5. The first-order valence-corrected chi connectivity index (χ1v) is 7.96. The molecule has 17 heavy (non-hydrogen) atoms. The van der Waals surface area contributed by atoms with Crippen LogP contribution >= 0.6 is 0 Å². The normalized spacial score (nSPS) is 13.2. The Balaban J connectivity index is 3.13. The summed E-state index contributed by atoms with van der Waals surface area (Å²) in [5.41, 5.74) is 0. The first-order chi connectivity index (χ1) is 8.16. The van der Waals surface area contributed by atoms with E-state index in [0.29, 0.717) is 0 Å². The lowest BCUT2D eigenvalue weighted by atomic mass is 9.95. The van der Waals surface area contributed by atoms with Crippen molar-refractivity contribution in [1.82, 2.24) is 0 Å². The highest BCUT2D eigenvalue weighted by Gasteiger charge is 2.02. The summed E-state index contributed by atoms with van der Waals surface area (Å²) in [6, 6.07) is 0. The van der Waals surface area contributed by atoms with Crippen molar-refractivity contribution in [1.29, 1.82) is 0 Å². The molecular weight excluding hydrogens is 204 g/mol. The van der Waals surface area contributed by atoms with Crippen LogP contribution in [0.2, 0.25) is 0 Å². The van der Waals surface area contributed by atoms with Gasteiger partial charge in [-0.05, 0) is 11.8 Å². The highest BCUT2D eigenvalue weighted by molar-refractivity contribution is 4.56. The van der Waals surface area contributed by atoms with Gasteiger partial charge >= 0.3 is 0 Å². The summed E-state index contributed by atoms with van der Waals surface area (Å²) in [5.74, 6) is 1.84. The molecule has 0 nitrogen and oxygen atoms in total. The highest BCUT2D eigenvalue weighted by Crippen LogP contribution is 2.18. The minimum atomic E-state index is 0.884. The molecule has 0 aromatic carbocycles. The quantitative estimate of drug-likeness (QED) is 0.345. The van der Waals surface area contributed by atoms with Gasteiger partial charge in [0.15, 0.2) is 0 Å². The van der Waals surface area contributed by atoms with E-state index in [2.05, 4.69) is 27.7 Å². The Morgan fingerprint density at radius 3 is 1.76 bits per heavy atom. The Labute approximate surface area is 111 Å². The zero-order valence-corrected chi connectivity index (χ0v) is 12.6. The molecule has 0 heterocycles. The Bertz CT molecular complexity index is 137. The third kappa shape index (κ3) is 13.9. The third-order valence-corrected chi connectivity index (χ3v) is 3.68. The van der Waals surface area contributed by atoms with Crippen LogP contribution in [0.15, 0.2) is 0 Å². The van der Waals surface area contributed by atoms with Crippen molar-refractivity contribution in [3.05, 3.63) is 6.92 Å². The molecule has 0 spiro atoms. The average Bonchev–Trinajstić information content (AvgIpc) is 2.27. The topological polar surface area (TPSA) is 0 Å². The molecule has 0 aliphatic carbocycles. The van der Waals surface area contributed by atoms with Gasteiger partial charge in [0.05, 0.1) is 0 Å². The predicted molar refractivity (Wildman–Crippen MR) is 80.1 cm³/mol. The third-order valence-electron chi connectivity index (χ3n) is 3.68. The lowest BCUT2D eigenvalue weighted by molar-refractivity contribution is 0.418. The van der Waals surface area contributed by atoms with Crippen LogP contribution in [0.5, 0.6) is 0 Å². The molecule has 0 N–H and O–H groups in total. The molecule has 0 aliphatic heterocycles. The van der Waals surface area contributed by atoms with E-state index in [-0.39, 0.29) is 0 Å². The minimum Gasteiger partial charge on any atom is -0.0628 e. The summed E-state index contributed by atoms with van der Waals surface area (Å²) in [6.07, 6.45) is 15.4. The van der Waals surface area contributed by atoms with E-state index in [1.165, 1.54) is 64.2 Å². The van der Waals surface area contributed by atoms with Crippen molar-refractivity contribution >= 4 is 0 Å². The standard InChI is InChI=1S/C17H35/c1-5-6-7-8-9-10-11-14-17(4)15-12-13-16(2)3/h16-17H,1,5-15H2,2-4H3. The SMILES string of the molecule is [CH2]CCCCCCCCC(C)CCCC(C)C. The lowest BCUT2D eigenvalue weighted by Gasteiger charge is -2.12. The zero-order chi connectivity index (χ0) is 12.9. The number of rotatable bonds is 12. The Morgan fingerprint density at radius 2 is 1.18 bits per heavy atom. The minimum absolute atomic E-state index is 0.884. The first kappa shape index (κ1) is 17.0. The van der Waals surface area contributed by atoms with Gasteiger partial charge in [0.2, 0.25) is 0 Å². The van der Waals surface area contributed by atoms with Gasteiger partial charge in [0.1, 0.15) is 0 Å². The summed E-state index contributed by atoms with van der Waals surface area (Å²) in [7, 11) is 0. The maximum Gasteiger partial charge on any atom is -0.0443 e. The summed E-state index contributed by atoms with van der Waals surface area (Å²) < 4.78 is 0. The van der Waals surface area contributed by atoms with E-state index in [4.69, 9.17) is 0 Å². The van der Waals surface area contributed by atoms with Crippen molar-refractivity contribution in [3.63, 3.8) is 0 Å². The van der Waals surface area contributed by atoms with Crippen LogP contribution in [0.25, 0.3) is 0 Å². The van der Waals surface area contributed by atoms with Gasteiger partial charge in [0, 0.05) is 0 Å². The van der Waals surface area contributed by atoms with Gasteiger partial charge in [-0.2, -0.15) is 0 Å². The van der Waals surface area contributed by atoms with Crippen molar-refractivity contribution in [2.24, 2.45) is 11.8 Å². The Hall–Kier alpha value is 0. The second-order valence-corrected chi connectivity index (χ2v) is 6.19. The van der Waals surface area contributed by atoms with Gasteiger partial charge in [-0.15, -0.1) is 0 Å². The molecule has 1 radical (unpaired) electrons. The molecular formula is C17H35. The van der Waals surface area contributed by atoms with Crippen LogP contribution in [0, 0.1) is 18.8 Å². The van der Waals surface area contributed by atoms with E-state index in [1.54, 1.807) is 0 Å². The smallest absolute Gasteiger partial charge is 0.0443 e. The van der Waals surface area contributed by atoms with Gasteiger partial charge in [-0.3, -0.25) is 0 Å². The Morgan fingerprint density at radius 1 is 0.647 bits per heavy atom. The predicted octanol–water partition coefficient (Wildman–Crippen LogP) is 6.40. The van der Waals surface area contributed by atoms with Gasteiger partial charge < -0.3 is 0 Å². The lowest BCUT2D eigenvalue weighted by Crippen LogP contribution is -1.96. The summed E-state index contributed by atoms with van der Waals surface area (Å²) in [6.45, 7) is 11.0. The van der Waals surface area contributed by atoms with Crippen molar-refractivity contribution in [2.75, 3.05) is 0 Å². The summed E-state index contributed by atoms with van der Waals surface area (Å²) in [5, 5.41) is 0. The van der Waals surface area contributed by atoms with Gasteiger partial charge in [-0.1, -0.05) is 98.3 Å². The molecule has 0 aromatic rings. The van der Waals surface area contributed by atoms with E-state index in [9.17, 15) is 0 Å².